The van der Waals surface area contributed by atoms with Crippen LogP contribution in [-0.4, -0.2) is 28.9 Å². The first-order chi connectivity index (χ1) is 13.8. The molecule has 0 atom stereocenters. The van der Waals surface area contributed by atoms with E-state index in [2.05, 4.69) is 29.2 Å². The van der Waals surface area contributed by atoms with Gasteiger partial charge >= 0.3 is 0 Å². The topological polar surface area (TPSA) is 42.4 Å². The number of fused-ring (bicyclic) bond motifs is 1. The molecule has 1 aliphatic rings. The van der Waals surface area contributed by atoms with Gasteiger partial charge in [-0.2, -0.15) is 0 Å². The summed E-state index contributed by atoms with van der Waals surface area (Å²) in [5.41, 5.74) is 2.93. The van der Waals surface area contributed by atoms with Crippen LogP contribution in [0.25, 0.3) is 6.08 Å². The maximum Gasteiger partial charge on any atom is 0.253 e. The smallest absolute Gasteiger partial charge is 0.253 e. The van der Waals surface area contributed by atoms with E-state index in [0.29, 0.717) is 25.3 Å². The first kappa shape index (κ1) is 18.4. The van der Waals surface area contributed by atoms with E-state index >= 15 is 0 Å². The zero-order valence-electron chi connectivity index (χ0n) is 15.6. The number of ether oxygens (including phenoxy) is 1. The molecular weight excluding hydrogens is 368 g/mol. The van der Waals surface area contributed by atoms with Crippen molar-refractivity contribution in [1.29, 1.82) is 0 Å². The predicted molar refractivity (Wildman–Crippen MR) is 112 cm³/mol. The fourth-order valence-corrected chi connectivity index (χ4v) is 3.94. The summed E-state index contributed by atoms with van der Waals surface area (Å²) in [5, 5.41) is 2.90. The van der Waals surface area contributed by atoms with Gasteiger partial charge in [-0.3, -0.25) is 4.79 Å². The van der Waals surface area contributed by atoms with Crippen molar-refractivity contribution in [2.75, 3.05) is 13.2 Å². The number of benzene rings is 2. The van der Waals surface area contributed by atoms with Gasteiger partial charge in [0.2, 0.25) is 0 Å². The maximum absolute atomic E-state index is 13.2. The molecule has 0 radical (unpaired) electrons. The van der Waals surface area contributed by atoms with Gasteiger partial charge in [0.05, 0.1) is 12.1 Å². The maximum atomic E-state index is 13.2. The van der Waals surface area contributed by atoms with Crippen LogP contribution in [0.2, 0.25) is 0 Å². The van der Waals surface area contributed by atoms with Crippen LogP contribution >= 0.6 is 11.3 Å². The predicted octanol–water partition coefficient (Wildman–Crippen LogP) is 4.58. The van der Waals surface area contributed by atoms with Gasteiger partial charge in [0.15, 0.2) is 0 Å². The minimum atomic E-state index is 0.0257. The number of aromatic nitrogens is 1. The molecule has 3 aromatic rings. The first-order valence-electron chi connectivity index (χ1n) is 9.43. The number of nitrogens with zero attached hydrogens (tertiary/aromatic N) is 2. The van der Waals surface area contributed by atoms with E-state index < -0.39 is 0 Å². The lowest BCUT2D eigenvalue weighted by Gasteiger charge is -2.25. The van der Waals surface area contributed by atoms with E-state index in [0.717, 1.165) is 29.2 Å². The molecule has 0 N–H and O–H groups in total. The molecule has 1 amide bonds. The minimum absolute atomic E-state index is 0.0257. The van der Waals surface area contributed by atoms with Crippen LogP contribution in [0.3, 0.4) is 0 Å². The normalized spacial score (nSPS) is 12.6. The van der Waals surface area contributed by atoms with Crippen molar-refractivity contribution in [2.24, 2.45) is 0 Å². The molecule has 28 heavy (non-hydrogen) atoms. The van der Waals surface area contributed by atoms with Crippen molar-refractivity contribution >= 4 is 23.3 Å². The van der Waals surface area contributed by atoms with Crippen LogP contribution in [0.1, 0.15) is 22.6 Å². The van der Waals surface area contributed by atoms with Crippen molar-refractivity contribution in [3.63, 3.8) is 0 Å². The fraction of sp³-hybridized carbons (Fsp3) is 0.217. The molecule has 1 aliphatic heterocycles. The Labute approximate surface area is 169 Å². The van der Waals surface area contributed by atoms with Crippen LogP contribution in [-0.2, 0) is 17.8 Å². The molecule has 2 aromatic carbocycles. The van der Waals surface area contributed by atoms with E-state index in [9.17, 15) is 4.79 Å². The highest BCUT2D eigenvalue weighted by Gasteiger charge is 2.23. The molecule has 5 heteroatoms. The lowest BCUT2D eigenvalue weighted by molar-refractivity contribution is -0.128. The summed E-state index contributed by atoms with van der Waals surface area (Å²) in [5.74, 6) is 0.854. The monoisotopic (exact) mass is 390 g/mol. The van der Waals surface area contributed by atoms with Crippen LogP contribution in [0.4, 0.5) is 0 Å². The average Bonchev–Trinajstić information content (AvgIpc) is 3.26. The Morgan fingerprint density at radius 2 is 1.93 bits per heavy atom. The largest absolute Gasteiger partial charge is 0.488 e. The van der Waals surface area contributed by atoms with Gasteiger partial charge in [0.25, 0.3) is 5.91 Å². The first-order valence-corrected chi connectivity index (χ1v) is 10.3. The minimum Gasteiger partial charge on any atom is -0.488 e. The number of thiazole rings is 1. The van der Waals surface area contributed by atoms with Crippen LogP contribution in [0.5, 0.6) is 5.75 Å². The number of carbonyl (C=O) groups excluding carboxylic acids is 1. The highest BCUT2D eigenvalue weighted by molar-refractivity contribution is 7.09. The molecule has 1 aromatic heterocycles. The van der Waals surface area contributed by atoms with E-state index in [1.165, 1.54) is 5.56 Å². The third-order valence-electron chi connectivity index (χ3n) is 4.74. The Morgan fingerprint density at radius 1 is 1.11 bits per heavy atom. The number of para-hydroxylation sites is 1. The molecule has 2 heterocycles. The molecule has 0 unspecified atom stereocenters. The number of amides is 1. The van der Waals surface area contributed by atoms with Gasteiger partial charge < -0.3 is 9.64 Å². The van der Waals surface area contributed by atoms with Gasteiger partial charge in [-0.25, -0.2) is 4.98 Å². The summed E-state index contributed by atoms with van der Waals surface area (Å²) < 4.78 is 5.79. The van der Waals surface area contributed by atoms with Gasteiger partial charge in [0, 0.05) is 23.7 Å². The van der Waals surface area contributed by atoms with Gasteiger partial charge in [-0.15, -0.1) is 11.3 Å². The summed E-state index contributed by atoms with van der Waals surface area (Å²) >= 11 is 1.58. The van der Waals surface area contributed by atoms with E-state index in [1.807, 2.05) is 46.7 Å². The molecule has 4 rings (SSSR count). The SMILES string of the molecule is O=C(C1=Cc2ccccc2OC1)N(CCCc1ccccc1)Cc1nccs1. The number of hydrogen-bond acceptors (Lipinski definition) is 4. The third kappa shape index (κ3) is 4.49. The van der Waals surface area contributed by atoms with E-state index in [-0.39, 0.29) is 5.91 Å². The Hall–Kier alpha value is -2.92. The lowest BCUT2D eigenvalue weighted by atomic mass is 10.1. The van der Waals surface area contributed by atoms with Gasteiger partial charge in [-0.05, 0) is 30.5 Å². The summed E-state index contributed by atoms with van der Waals surface area (Å²) in [7, 11) is 0. The second-order valence-corrected chi connectivity index (χ2v) is 7.72. The molecule has 0 spiro atoms. The number of carbonyl (C=O) groups is 1. The Bertz CT molecular complexity index is 952. The van der Waals surface area contributed by atoms with Crippen molar-refractivity contribution < 1.29 is 9.53 Å². The third-order valence-corrected chi connectivity index (χ3v) is 5.50. The van der Waals surface area contributed by atoms with Crippen LogP contribution < -0.4 is 4.74 Å². The Morgan fingerprint density at radius 3 is 2.75 bits per heavy atom. The highest BCUT2D eigenvalue weighted by Crippen LogP contribution is 2.27. The van der Waals surface area contributed by atoms with Crippen LogP contribution in [0, 0.1) is 0 Å². The number of aryl methyl sites for hydroxylation is 1. The standard InChI is InChI=1S/C23H22N2O2S/c26-23(20-15-19-10-4-5-11-21(19)27-17-20)25(16-22-24-12-14-28-22)13-6-9-18-7-2-1-3-8-18/h1-5,7-8,10-12,14-15H,6,9,13,16-17H2. The van der Waals surface area contributed by atoms with E-state index in [1.54, 1.807) is 17.5 Å². The summed E-state index contributed by atoms with van der Waals surface area (Å²) in [4.78, 5) is 19.5. The quantitative estimate of drug-likeness (QED) is 0.593. The molecule has 142 valence electrons. The van der Waals surface area contributed by atoms with Crippen molar-refractivity contribution in [3.8, 4) is 5.75 Å². The molecule has 4 nitrogen and oxygen atoms in total. The molecule has 0 aliphatic carbocycles. The average molecular weight is 391 g/mol. The van der Waals surface area contributed by atoms with Crippen LogP contribution in [0.15, 0.2) is 71.7 Å². The summed E-state index contributed by atoms with van der Waals surface area (Å²) in [6.07, 6.45) is 5.59. The zero-order chi connectivity index (χ0) is 19.2. The van der Waals surface area contributed by atoms with Crippen molar-refractivity contribution in [3.05, 3.63) is 87.9 Å². The molecule has 0 bridgehead atoms. The Balaban J connectivity index is 1.48. The van der Waals surface area contributed by atoms with Crippen molar-refractivity contribution in [2.45, 2.75) is 19.4 Å². The van der Waals surface area contributed by atoms with Crippen molar-refractivity contribution in [1.82, 2.24) is 9.88 Å². The summed E-state index contributed by atoms with van der Waals surface area (Å²) in [6, 6.07) is 18.2. The van der Waals surface area contributed by atoms with Gasteiger partial charge in [0.1, 0.15) is 17.4 Å². The second kappa shape index (κ2) is 8.85. The highest BCUT2D eigenvalue weighted by atomic mass is 32.1. The zero-order valence-corrected chi connectivity index (χ0v) is 16.4. The lowest BCUT2D eigenvalue weighted by Crippen LogP contribution is -2.35. The molecule has 0 saturated heterocycles. The fourth-order valence-electron chi connectivity index (χ4n) is 3.31. The second-order valence-electron chi connectivity index (χ2n) is 6.74. The number of rotatable bonds is 7. The molecular formula is C23H22N2O2S. The Kier molecular flexibility index (Phi) is 5.83. The van der Waals surface area contributed by atoms with Gasteiger partial charge in [-0.1, -0.05) is 48.5 Å². The summed E-state index contributed by atoms with van der Waals surface area (Å²) in [6.45, 7) is 1.53. The number of hydrogen-bond donors (Lipinski definition) is 0. The molecule has 0 saturated carbocycles. The van der Waals surface area contributed by atoms with E-state index in [4.69, 9.17) is 4.74 Å². The molecule has 0 fully saturated rings.